The maximum Gasteiger partial charge on any atom is 0.228 e. The van der Waals surface area contributed by atoms with Crippen molar-refractivity contribution >= 4 is 5.91 Å². The molecule has 1 aromatic heterocycles. The lowest BCUT2D eigenvalue weighted by Gasteiger charge is -2.34. The van der Waals surface area contributed by atoms with Gasteiger partial charge in [0.1, 0.15) is 0 Å². The molecule has 5 nitrogen and oxygen atoms in total. The van der Waals surface area contributed by atoms with Crippen molar-refractivity contribution in [1.29, 1.82) is 0 Å². The van der Waals surface area contributed by atoms with Crippen LogP contribution in [0.1, 0.15) is 30.9 Å². The lowest BCUT2D eigenvalue weighted by atomic mass is 10.0. The smallest absolute Gasteiger partial charge is 0.228 e. The maximum atomic E-state index is 12.4. The first kappa shape index (κ1) is 12.7. The van der Waals surface area contributed by atoms with Crippen molar-refractivity contribution in [3.63, 3.8) is 0 Å². The number of hydrogen-bond acceptors (Lipinski definition) is 3. The highest BCUT2D eigenvalue weighted by molar-refractivity contribution is 5.79. The van der Waals surface area contributed by atoms with Gasteiger partial charge >= 0.3 is 0 Å². The van der Waals surface area contributed by atoms with E-state index >= 15 is 0 Å². The van der Waals surface area contributed by atoms with E-state index in [0.29, 0.717) is 12.6 Å². The molecule has 0 spiro atoms. The van der Waals surface area contributed by atoms with E-state index in [1.807, 2.05) is 22.7 Å². The molecule has 1 aromatic rings. The van der Waals surface area contributed by atoms with Crippen molar-refractivity contribution in [2.24, 2.45) is 5.92 Å². The van der Waals surface area contributed by atoms with Crippen LogP contribution in [-0.4, -0.2) is 46.9 Å². The highest BCUT2D eigenvalue weighted by Crippen LogP contribution is 2.24. The Hall–Kier alpha value is -1.36. The van der Waals surface area contributed by atoms with E-state index in [-0.39, 0.29) is 11.8 Å². The number of nitrogens with zero attached hydrogens (tertiary/aromatic N) is 3. The Morgan fingerprint density at radius 3 is 3.05 bits per heavy atom. The van der Waals surface area contributed by atoms with Gasteiger partial charge in [0.15, 0.2) is 0 Å². The fourth-order valence-electron chi connectivity index (χ4n) is 2.99. The molecular formula is C14H21N3O2. The van der Waals surface area contributed by atoms with Crippen LogP contribution in [0.4, 0.5) is 0 Å². The molecule has 3 rings (SSSR count). The summed E-state index contributed by atoms with van der Waals surface area (Å²) in [7, 11) is 0. The van der Waals surface area contributed by atoms with Crippen LogP contribution in [0.2, 0.25) is 0 Å². The Labute approximate surface area is 113 Å². The molecule has 3 heterocycles. The Morgan fingerprint density at radius 1 is 1.47 bits per heavy atom. The van der Waals surface area contributed by atoms with Crippen LogP contribution in [0.15, 0.2) is 12.4 Å². The number of amides is 1. The van der Waals surface area contributed by atoms with Crippen LogP contribution in [0.5, 0.6) is 0 Å². The third-order valence-electron chi connectivity index (χ3n) is 4.09. The number of aromatic nitrogens is 2. The molecule has 104 valence electrons. The third-order valence-corrected chi connectivity index (χ3v) is 4.09. The minimum absolute atomic E-state index is 0.0816. The van der Waals surface area contributed by atoms with Gasteiger partial charge in [-0.15, -0.1) is 0 Å². The first-order valence-electron chi connectivity index (χ1n) is 7.11. The SMILES string of the molecule is Cc1cnn([C@@H]2CCCN(C(=O)[C@@H]3CCOC3)C2)c1. The van der Waals surface area contributed by atoms with Gasteiger partial charge in [-0.2, -0.15) is 5.10 Å². The molecule has 0 bridgehead atoms. The lowest BCUT2D eigenvalue weighted by Crippen LogP contribution is -2.43. The van der Waals surface area contributed by atoms with Crippen LogP contribution in [0.25, 0.3) is 0 Å². The molecular weight excluding hydrogens is 242 g/mol. The van der Waals surface area contributed by atoms with Crippen molar-refractivity contribution in [2.75, 3.05) is 26.3 Å². The number of aryl methyl sites for hydroxylation is 1. The summed E-state index contributed by atoms with van der Waals surface area (Å²) in [5, 5.41) is 4.38. The van der Waals surface area contributed by atoms with Crippen molar-refractivity contribution < 1.29 is 9.53 Å². The van der Waals surface area contributed by atoms with E-state index in [4.69, 9.17) is 4.74 Å². The summed E-state index contributed by atoms with van der Waals surface area (Å²) < 4.78 is 7.33. The second-order valence-corrected chi connectivity index (χ2v) is 5.64. The van der Waals surface area contributed by atoms with E-state index < -0.39 is 0 Å². The zero-order chi connectivity index (χ0) is 13.2. The number of likely N-dealkylation sites (tertiary alicyclic amines) is 1. The van der Waals surface area contributed by atoms with Crippen LogP contribution in [-0.2, 0) is 9.53 Å². The normalized spacial score (nSPS) is 27.7. The van der Waals surface area contributed by atoms with E-state index in [1.165, 1.54) is 5.56 Å². The van der Waals surface area contributed by atoms with Crippen LogP contribution < -0.4 is 0 Å². The molecule has 2 aliphatic rings. The molecule has 19 heavy (non-hydrogen) atoms. The minimum atomic E-state index is 0.0816. The minimum Gasteiger partial charge on any atom is -0.381 e. The number of ether oxygens (including phenoxy) is 1. The summed E-state index contributed by atoms with van der Waals surface area (Å²) in [5.41, 5.74) is 1.17. The Kier molecular flexibility index (Phi) is 3.55. The molecule has 2 fully saturated rings. The second kappa shape index (κ2) is 5.33. The Balaban J connectivity index is 1.65. The van der Waals surface area contributed by atoms with Crippen molar-refractivity contribution in [2.45, 2.75) is 32.2 Å². The predicted molar refractivity (Wildman–Crippen MR) is 70.7 cm³/mol. The monoisotopic (exact) mass is 263 g/mol. The fraction of sp³-hybridized carbons (Fsp3) is 0.714. The zero-order valence-corrected chi connectivity index (χ0v) is 11.4. The molecule has 2 atom stereocenters. The van der Waals surface area contributed by atoms with E-state index in [9.17, 15) is 4.79 Å². The van der Waals surface area contributed by atoms with Crippen molar-refractivity contribution in [1.82, 2.24) is 14.7 Å². The number of rotatable bonds is 2. The molecule has 0 aromatic carbocycles. The van der Waals surface area contributed by atoms with Gasteiger partial charge in [-0.25, -0.2) is 0 Å². The van der Waals surface area contributed by atoms with Gasteiger partial charge in [-0.05, 0) is 31.7 Å². The third kappa shape index (κ3) is 2.66. The molecule has 0 aliphatic carbocycles. The summed E-state index contributed by atoms with van der Waals surface area (Å²) >= 11 is 0. The van der Waals surface area contributed by atoms with E-state index in [2.05, 4.69) is 11.3 Å². The van der Waals surface area contributed by atoms with Gasteiger partial charge < -0.3 is 9.64 Å². The molecule has 0 radical (unpaired) electrons. The largest absolute Gasteiger partial charge is 0.381 e. The predicted octanol–water partition coefficient (Wildman–Crippen LogP) is 1.39. The average Bonchev–Trinajstić information content (AvgIpc) is 3.09. The summed E-state index contributed by atoms with van der Waals surface area (Å²) in [6.07, 6.45) is 6.98. The highest BCUT2D eigenvalue weighted by Gasteiger charge is 2.31. The molecule has 2 saturated heterocycles. The van der Waals surface area contributed by atoms with Gasteiger partial charge in [0.2, 0.25) is 5.91 Å². The van der Waals surface area contributed by atoms with Gasteiger partial charge in [0.05, 0.1) is 24.8 Å². The first-order valence-corrected chi connectivity index (χ1v) is 7.11. The first-order chi connectivity index (χ1) is 9.24. The molecule has 5 heteroatoms. The zero-order valence-electron chi connectivity index (χ0n) is 11.4. The van der Waals surface area contributed by atoms with Crippen molar-refractivity contribution in [3.8, 4) is 0 Å². The van der Waals surface area contributed by atoms with Crippen LogP contribution in [0, 0.1) is 12.8 Å². The highest BCUT2D eigenvalue weighted by atomic mass is 16.5. The lowest BCUT2D eigenvalue weighted by molar-refractivity contribution is -0.137. The summed E-state index contributed by atoms with van der Waals surface area (Å²) in [6.45, 7) is 5.04. The van der Waals surface area contributed by atoms with Gasteiger partial charge in [0, 0.05) is 25.9 Å². The number of carbonyl (C=O) groups excluding carboxylic acids is 1. The summed E-state index contributed by atoms with van der Waals surface area (Å²) in [5.74, 6) is 0.351. The van der Waals surface area contributed by atoms with Crippen molar-refractivity contribution in [3.05, 3.63) is 18.0 Å². The van der Waals surface area contributed by atoms with Gasteiger partial charge in [-0.1, -0.05) is 0 Å². The fourth-order valence-corrected chi connectivity index (χ4v) is 2.99. The summed E-state index contributed by atoms with van der Waals surface area (Å²) in [6, 6.07) is 0.328. The van der Waals surface area contributed by atoms with E-state index in [1.54, 1.807) is 0 Å². The van der Waals surface area contributed by atoms with E-state index in [0.717, 1.165) is 39.0 Å². The quantitative estimate of drug-likeness (QED) is 0.810. The van der Waals surface area contributed by atoms with Crippen LogP contribution in [0.3, 0.4) is 0 Å². The average molecular weight is 263 g/mol. The molecule has 0 N–H and O–H groups in total. The van der Waals surface area contributed by atoms with Gasteiger partial charge in [0.25, 0.3) is 0 Å². The summed E-state index contributed by atoms with van der Waals surface area (Å²) in [4.78, 5) is 14.4. The number of hydrogen-bond donors (Lipinski definition) is 0. The topological polar surface area (TPSA) is 47.4 Å². The Bertz CT molecular complexity index is 451. The molecule has 0 unspecified atom stereocenters. The van der Waals surface area contributed by atoms with Gasteiger partial charge in [-0.3, -0.25) is 9.48 Å². The van der Waals surface area contributed by atoms with Crippen LogP contribution >= 0.6 is 0 Å². The number of carbonyl (C=O) groups is 1. The molecule has 0 saturated carbocycles. The molecule has 2 aliphatic heterocycles. The second-order valence-electron chi connectivity index (χ2n) is 5.64. The molecule has 1 amide bonds. The Morgan fingerprint density at radius 2 is 2.37 bits per heavy atom. The maximum absolute atomic E-state index is 12.4. The standard InChI is InChI=1S/C14H21N3O2/c1-11-7-15-17(8-11)13-3-2-5-16(9-13)14(18)12-4-6-19-10-12/h7-8,12-13H,2-6,9-10H2,1H3/t12-,13-/m1/s1. The number of piperidine rings is 1.